The molecule has 3 aliphatic rings. The van der Waals surface area contributed by atoms with Crippen LogP contribution in [0.15, 0.2) is 76.6 Å². The Morgan fingerprint density at radius 1 is 1.03 bits per heavy atom. The van der Waals surface area contributed by atoms with Crippen LogP contribution in [0.3, 0.4) is 0 Å². The number of hydrogen-bond donors (Lipinski definition) is 1. The predicted octanol–water partition coefficient (Wildman–Crippen LogP) is 6.36. The average Bonchev–Trinajstić information content (AvgIpc) is 3.62. The predicted molar refractivity (Wildman–Crippen MR) is 150 cm³/mol. The molecule has 0 saturated heterocycles. The minimum Gasteiger partial charge on any atom is -0.496 e. The molecule has 1 aromatic heterocycles. The van der Waals surface area contributed by atoms with Crippen LogP contribution >= 0.6 is 23.1 Å². The van der Waals surface area contributed by atoms with E-state index in [1.54, 1.807) is 11.7 Å². The van der Waals surface area contributed by atoms with Gasteiger partial charge < -0.3 is 10.1 Å². The first-order valence-corrected chi connectivity index (χ1v) is 14.6. The van der Waals surface area contributed by atoms with Crippen LogP contribution in [-0.2, 0) is 11.3 Å². The fraction of sp³-hybridized carbons (Fsp3) is 0.333. The number of nitrogens with one attached hydrogen (secondary N) is 1. The normalized spacial score (nSPS) is 25.6. The van der Waals surface area contributed by atoms with Gasteiger partial charge in [0.15, 0.2) is 0 Å². The molecule has 0 spiro atoms. The largest absolute Gasteiger partial charge is 0.496 e. The van der Waals surface area contributed by atoms with Crippen LogP contribution in [0, 0.1) is 17.8 Å². The first kappa shape index (κ1) is 23.1. The van der Waals surface area contributed by atoms with E-state index in [1.165, 1.54) is 36.2 Å². The minimum absolute atomic E-state index is 0.0224. The zero-order chi connectivity index (χ0) is 25.1. The maximum atomic E-state index is 13.4. The van der Waals surface area contributed by atoms with Gasteiger partial charge in [-0.05, 0) is 66.0 Å². The van der Waals surface area contributed by atoms with Crippen molar-refractivity contribution in [3.63, 3.8) is 0 Å². The number of nitrogens with zero attached hydrogens (tertiary/aromatic N) is 1. The Hall–Kier alpha value is -3.03. The molecular weight excluding hydrogens is 500 g/mol. The molecule has 7 rings (SSSR count). The van der Waals surface area contributed by atoms with Crippen molar-refractivity contribution in [2.75, 3.05) is 12.4 Å². The van der Waals surface area contributed by atoms with Gasteiger partial charge in [0, 0.05) is 27.3 Å². The van der Waals surface area contributed by atoms with E-state index in [2.05, 4.69) is 23.5 Å². The number of rotatable bonds is 5. The Labute approximate surface area is 223 Å². The van der Waals surface area contributed by atoms with Crippen molar-refractivity contribution in [3.8, 4) is 5.75 Å². The average molecular weight is 529 g/mol. The van der Waals surface area contributed by atoms with E-state index >= 15 is 0 Å². The summed E-state index contributed by atoms with van der Waals surface area (Å²) in [6, 6.07) is 22.2. The monoisotopic (exact) mass is 528 g/mol. The van der Waals surface area contributed by atoms with E-state index < -0.39 is 0 Å². The van der Waals surface area contributed by atoms with Gasteiger partial charge in [0.25, 0.3) is 0 Å². The molecule has 0 unspecified atom stereocenters. The third-order valence-corrected chi connectivity index (χ3v) is 11.3. The number of ether oxygens (including phenoxy) is 1. The second kappa shape index (κ2) is 9.07. The maximum absolute atomic E-state index is 13.4. The van der Waals surface area contributed by atoms with Crippen LogP contribution in [0.5, 0.6) is 5.75 Å². The number of para-hydroxylation sites is 1. The van der Waals surface area contributed by atoms with Crippen LogP contribution in [0.1, 0.15) is 35.6 Å². The number of fused-ring (bicyclic) bond motifs is 7. The number of amides is 1. The molecule has 2 heterocycles. The molecular formula is C30H28N2O3S2. The van der Waals surface area contributed by atoms with E-state index in [1.807, 2.05) is 60.3 Å². The van der Waals surface area contributed by atoms with Gasteiger partial charge in [-0.2, -0.15) is 0 Å². The molecule has 188 valence electrons. The van der Waals surface area contributed by atoms with Gasteiger partial charge in [0.2, 0.25) is 5.91 Å². The summed E-state index contributed by atoms with van der Waals surface area (Å²) < 4.78 is 7.50. The van der Waals surface area contributed by atoms with Gasteiger partial charge in [-0.25, -0.2) is 0 Å². The molecule has 5 nitrogen and oxygen atoms in total. The van der Waals surface area contributed by atoms with Crippen LogP contribution in [0.2, 0.25) is 0 Å². The van der Waals surface area contributed by atoms with Crippen molar-refractivity contribution in [1.82, 2.24) is 4.57 Å². The van der Waals surface area contributed by atoms with E-state index in [0.29, 0.717) is 23.0 Å². The minimum atomic E-state index is -0.178. The zero-order valence-corrected chi connectivity index (χ0v) is 22.2. The maximum Gasteiger partial charge on any atom is 0.308 e. The highest BCUT2D eigenvalue weighted by atomic mass is 32.2. The fourth-order valence-electron chi connectivity index (χ4n) is 6.97. The lowest BCUT2D eigenvalue weighted by atomic mass is 9.74. The van der Waals surface area contributed by atoms with Gasteiger partial charge in [0.1, 0.15) is 12.3 Å². The van der Waals surface area contributed by atoms with E-state index in [4.69, 9.17) is 4.74 Å². The molecule has 37 heavy (non-hydrogen) atoms. The number of thioether (sulfide) groups is 1. The summed E-state index contributed by atoms with van der Waals surface area (Å²) in [5.41, 5.74) is 1.91. The number of thiazole rings is 1. The Morgan fingerprint density at radius 3 is 2.68 bits per heavy atom. The quantitative estimate of drug-likeness (QED) is 0.327. The second-order valence-corrected chi connectivity index (χ2v) is 12.6. The highest BCUT2D eigenvalue weighted by molar-refractivity contribution is 8.00. The van der Waals surface area contributed by atoms with Crippen molar-refractivity contribution >= 4 is 45.5 Å². The molecule has 1 aliphatic heterocycles. The molecule has 2 fully saturated rings. The van der Waals surface area contributed by atoms with Gasteiger partial charge in [-0.3, -0.25) is 14.2 Å². The Bertz CT molecular complexity index is 1570. The smallest absolute Gasteiger partial charge is 0.308 e. The van der Waals surface area contributed by atoms with Crippen LogP contribution < -0.4 is 14.9 Å². The highest BCUT2D eigenvalue weighted by Gasteiger charge is 2.55. The number of anilines is 1. The van der Waals surface area contributed by atoms with Gasteiger partial charge in [-0.1, -0.05) is 59.9 Å². The lowest BCUT2D eigenvalue weighted by Gasteiger charge is -2.40. The SMILES string of the molecule is COc1ccccc1[C@@H]1c2sc(=O)n(CC(=O)Nc3ccc4ccccc4c3)c2S[C@@H]2[C@H]3CC[C@@H](C3)[C@@H]12. The number of hydrogen-bond acceptors (Lipinski definition) is 5. The summed E-state index contributed by atoms with van der Waals surface area (Å²) in [6.45, 7) is 0.0224. The summed E-state index contributed by atoms with van der Waals surface area (Å²) in [4.78, 5) is 27.6. The second-order valence-electron chi connectivity index (χ2n) is 10.4. The number of methoxy groups -OCH3 is 1. The Balaban J connectivity index is 1.24. The Morgan fingerprint density at radius 2 is 1.81 bits per heavy atom. The van der Waals surface area contributed by atoms with Crippen LogP contribution in [-0.4, -0.2) is 22.8 Å². The lowest BCUT2D eigenvalue weighted by Crippen LogP contribution is -2.35. The third kappa shape index (κ3) is 3.82. The third-order valence-electron chi connectivity index (χ3n) is 8.50. The summed E-state index contributed by atoms with van der Waals surface area (Å²) in [5, 5.41) is 6.67. The molecule has 3 aromatic carbocycles. The molecule has 2 saturated carbocycles. The molecule has 0 radical (unpaired) electrons. The van der Waals surface area contributed by atoms with Gasteiger partial charge >= 0.3 is 4.87 Å². The molecule has 1 N–H and O–H groups in total. The van der Waals surface area contributed by atoms with Crippen molar-refractivity contribution in [2.45, 2.75) is 42.0 Å². The number of aromatic nitrogens is 1. The van der Waals surface area contributed by atoms with Crippen molar-refractivity contribution in [2.24, 2.45) is 17.8 Å². The zero-order valence-electron chi connectivity index (χ0n) is 20.6. The molecule has 4 aromatic rings. The summed E-state index contributed by atoms with van der Waals surface area (Å²) in [6.07, 6.45) is 3.82. The topological polar surface area (TPSA) is 60.3 Å². The molecule has 2 bridgehead atoms. The number of benzene rings is 3. The summed E-state index contributed by atoms with van der Waals surface area (Å²) in [7, 11) is 1.72. The molecule has 5 atom stereocenters. The first-order valence-electron chi connectivity index (χ1n) is 12.9. The van der Waals surface area contributed by atoms with Crippen LogP contribution in [0.4, 0.5) is 5.69 Å². The summed E-state index contributed by atoms with van der Waals surface area (Å²) >= 11 is 3.17. The lowest BCUT2D eigenvalue weighted by molar-refractivity contribution is -0.116. The van der Waals surface area contributed by atoms with Crippen molar-refractivity contribution < 1.29 is 9.53 Å². The van der Waals surface area contributed by atoms with Gasteiger partial charge in [0.05, 0.1) is 12.1 Å². The Kier molecular flexibility index (Phi) is 5.66. The molecule has 1 amide bonds. The van der Waals surface area contributed by atoms with Crippen molar-refractivity contribution in [1.29, 1.82) is 0 Å². The first-order chi connectivity index (χ1) is 18.1. The van der Waals surface area contributed by atoms with Crippen molar-refractivity contribution in [3.05, 3.63) is 86.8 Å². The highest BCUT2D eigenvalue weighted by Crippen LogP contribution is 2.64. The number of carbonyl (C=O) groups excluding carboxylic acids is 1. The van der Waals surface area contributed by atoms with Gasteiger partial charge in [-0.15, -0.1) is 11.8 Å². The standard InChI is InChI=1S/C30H28N2O3S2/c1-35-23-9-5-4-8-22(23)26-25-19-10-11-20(14-19)27(25)36-29-28(26)37-30(34)32(29)16-24(33)31-21-13-12-17-6-2-3-7-18(17)15-21/h2-9,12-13,15,19-20,25-27H,10-11,14,16H2,1H3,(H,31,33)/t19-,20-,25-,26-,27+/m0/s1. The summed E-state index contributed by atoms with van der Waals surface area (Å²) in [5.74, 6) is 2.71. The molecule has 7 heteroatoms. The van der Waals surface area contributed by atoms with E-state index in [9.17, 15) is 9.59 Å². The van der Waals surface area contributed by atoms with E-state index in [-0.39, 0.29) is 23.2 Å². The van der Waals surface area contributed by atoms with Crippen LogP contribution in [0.25, 0.3) is 10.8 Å². The molecule has 2 aliphatic carbocycles. The fourth-order valence-corrected chi connectivity index (χ4v) is 10.1. The number of carbonyl (C=O) groups is 1. The van der Waals surface area contributed by atoms with E-state index in [0.717, 1.165) is 32.1 Å².